The third-order valence-corrected chi connectivity index (χ3v) is 1.73. The third-order valence-electron chi connectivity index (χ3n) is 1.73. The molecule has 110 valence electrons. The molecular weight excluding hydrogens is 262 g/mol. The van der Waals surface area contributed by atoms with Gasteiger partial charge in [0.25, 0.3) is 0 Å². The second-order valence-corrected chi connectivity index (χ2v) is 3.49. The summed E-state index contributed by atoms with van der Waals surface area (Å²) in [6.45, 7) is 0. The standard InChI is InChI=1S/C5H10N2O3.C4H7NO4/c6-3(5(9)10)1-2-4(7)8;5-2(4(8)9)1-3(6)7/h3H,1-2,6H2,(H2,7,8)(H,9,10);2H,1,5H2,(H,6,7)(H,8,9). The topological polar surface area (TPSA) is 207 Å². The van der Waals surface area contributed by atoms with Gasteiger partial charge in [-0.05, 0) is 6.42 Å². The molecule has 2 unspecified atom stereocenters. The number of aliphatic carboxylic acids is 3. The summed E-state index contributed by atoms with van der Waals surface area (Å²) in [5.74, 6) is -4.14. The summed E-state index contributed by atoms with van der Waals surface area (Å²) < 4.78 is 0. The van der Waals surface area contributed by atoms with Crippen LogP contribution in [0.5, 0.6) is 0 Å². The van der Waals surface area contributed by atoms with E-state index in [1.807, 2.05) is 0 Å². The molecule has 0 rings (SSSR count). The Morgan fingerprint density at radius 1 is 0.895 bits per heavy atom. The van der Waals surface area contributed by atoms with Crippen molar-refractivity contribution in [2.75, 3.05) is 0 Å². The predicted molar refractivity (Wildman–Crippen MR) is 61.9 cm³/mol. The lowest BCUT2D eigenvalue weighted by molar-refractivity contribution is -0.144. The molecule has 0 spiro atoms. The van der Waals surface area contributed by atoms with Crippen molar-refractivity contribution in [3.8, 4) is 0 Å². The van der Waals surface area contributed by atoms with E-state index in [9.17, 15) is 19.2 Å². The number of carbonyl (C=O) groups is 4. The van der Waals surface area contributed by atoms with E-state index in [-0.39, 0.29) is 12.8 Å². The fraction of sp³-hybridized carbons (Fsp3) is 0.556. The van der Waals surface area contributed by atoms with Crippen molar-refractivity contribution < 1.29 is 34.5 Å². The zero-order valence-corrected chi connectivity index (χ0v) is 9.98. The Labute approximate surface area is 108 Å². The molecule has 0 fully saturated rings. The molecule has 0 aliphatic carbocycles. The van der Waals surface area contributed by atoms with Gasteiger partial charge in [0.2, 0.25) is 5.91 Å². The minimum absolute atomic E-state index is 0.0213. The first-order valence-electron chi connectivity index (χ1n) is 5.04. The molecule has 0 aliphatic rings. The molecule has 10 heteroatoms. The summed E-state index contributed by atoms with van der Waals surface area (Å²) in [6, 6.07) is -2.27. The van der Waals surface area contributed by atoms with E-state index in [1.165, 1.54) is 0 Å². The molecule has 0 saturated carbocycles. The Morgan fingerprint density at radius 3 is 1.53 bits per heavy atom. The quantitative estimate of drug-likeness (QED) is 0.291. The number of hydrogen-bond acceptors (Lipinski definition) is 6. The fourth-order valence-electron chi connectivity index (χ4n) is 0.697. The normalized spacial score (nSPS) is 12.5. The van der Waals surface area contributed by atoms with Crippen molar-refractivity contribution in [2.45, 2.75) is 31.3 Å². The lowest BCUT2D eigenvalue weighted by Gasteiger charge is -2.01. The number of carbonyl (C=O) groups excluding carboxylic acids is 1. The van der Waals surface area contributed by atoms with Crippen LogP contribution in [0.4, 0.5) is 0 Å². The SMILES string of the molecule is NC(=O)CCC(N)C(=O)O.NC(CC(=O)O)C(=O)O. The van der Waals surface area contributed by atoms with Gasteiger partial charge in [-0.1, -0.05) is 0 Å². The van der Waals surface area contributed by atoms with E-state index in [1.54, 1.807) is 0 Å². The Hall–Kier alpha value is -2.20. The molecule has 0 radical (unpaired) electrons. The summed E-state index contributed by atoms with van der Waals surface area (Å²) >= 11 is 0. The Balaban J connectivity index is 0. The van der Waals surface area contributed by atoms with E-state index in [0.29, 0.717) is 0 Å². The largest absolute Gasteiger partial charge is 0.481 e. The minimum atomic E-state index is -1.29. The summed E-state index contributed by atoms with van der Waals surface area (Å²) in [4.78, 5) is 39.8. The average Bonchev–Trinajstić information content (AvgIpc) is 2.25. The second-order valence-electron chi connectivity index (χ2n) is 3.49. The van der Waals surface area contributed by atoms with E-state index >= 15 is 0 Å². The molecule has 0 bridgehead atoms. The van der Waals surface area contributed by atoms with Crippen LogP contribution in [0.15, 0.2) is 0 Å². The van der Waals surface area contributed by atoms with Gasteiger partial charge in [-0.25, -0.2) is 0 Å². The maximum atomic E-state index is 10.1. The lowest BCUT2D eigenvalue weighted by atomic mass is 10.2. The molecule has 0 aromatic carbocycles. The molecule has 0 aromatic rings. The molecule has 0 aliphatic heterocycles. The molecule has 10 nitrogen and oxygen atoms in total. The molecule has 0 heterocycles. The number of primary amides is 1. The smallest absolute Gasteiger partial charge is 0.321 e. The van der Waals surface area contributed by atoms with Crippen molar-refractivity contribution in [3.05, 3.63) is 0 Å². The Kier molecular flexibility index (Phi) is 9.87. The zero-order valence-electron chi connectivity index (χ0n) is 9.98. The van der Waals surface area contributed by atoms with Crippen LogP contribution in [0.1, 0.15) is 19.3 Å². The number of nitrogens with two attached hydrogens (primary N) is 3. The number of carboxylic acids is 3. The van der Waals surface area contributed by atoms with E-state index in [4.69, 9.17) is 32.5 Å². The fourth-order valence-corrected chi connectivity index (χ4v) is 0.697. The van der Waals surface area contributed by atoms with Crippen molar-refractivity contribution in [2.24, 2.45) is 17.2 Å². The molecule has 0 aromatic heterocycles. The molecule has 19 heavy (non-hydrogen) atoms. The van der Waals surface area contributed by atoms with Gasteiger partial charge in [-0.2, -0.15) is 0 Å². The van der Waals surface area contributed by atoms with Crippen LogP contribution in [0.3, 0.4) is 0 Å². The van der Waals surface area contributed by atoms with Crippen molar-refractivity contribution in [1.82, 2.24) is 0 Å². The lowest BCUT2D eigenvalue weighted by Crippen LogP contribution is -2.32. The van der Waals surface area contributed by atoms with Crippen molar-refractivity contribution in [3.63, 3.8) is 0 Å². The molecular formula is C9H17N3O7. The maximum Gasteiger partial charge on any atom is 0.321 e. The molecule has 0 saturated heterocycles. The first kappa shape index (κ1) is 19.1. The van der Waals surface area contributed by atoms with Crippen LogP contribution >= 0.6 is 0 Å². The highest BCUT2D eigenvalue weighted by atomic mass is 16.4. The van der Waals surface area contributed by atoms with Crippen LogP contribution in [0.2, 0.25) is 0 Å². The van der Waals surface area contributed by atoms with E-state index in [0.717, 1.165) is 0 Å². The summed E-state index contributed by atoms with van der Waals surface area (Å²) in [5, 5.41) is 24.2. The van der Waals surface area contributed by atoms with E-state index in [2.05, 4.69) is 0 Å². The van der Waals surface area contributed by atoms with Gasteiger partial charge in [0.15, 0.2) is 0 Å². The summed E-state index contributed by atoms with van der Waals surface area (Å²) in [7, 11) is 0. The number of carboxylic acid groups (broad SMARTS) is 3. The highest BCUT2D eigenvalue weighted by Gasteiger charge is 2.14. The van der Waals surface area contributed by atoms with Gasteiger partial charge in [-0.3, -0.25) is 19.2 Å². The number of rotatable bonds is 7. The highest BCUT2D eigenvalue weighted by Crippen LogP contribution is 1.92. The summed E-state index contributed by atoms with van der Waals surface area (Å²) in [5.41, 5.74) is 14.6. The third kappa shape index (κ3) is 13.7. The number of amides is 1. The maximum absolute atomic E-state index is 10.1. The Morgan fingerprint density at radius 2 is 1.32 bits per heavy atom. The second kappa shape index (κ2) is 9.79. The Bertz CT molecular complexity index is 345. The zero-order chi connectivity index (χ0) is 15.6. The predicted octanol–water partition coefficient (Wildman–Crippen LogP) is -2.46. The first-order valence-corrected chi connectivity index (χ1v) is 5.04. The van der Waals surface area contributed by atoms with Gasteiger partial charge < -0.3 is 32.5 Å². The van der Waals surface area contributed by atoms with Crippen LogP contribution in [-0.4, -0.2) is 51.2 Å². The van der Waals surface area contributed by atoms with Gasteiger partial charge in [0.1, 0.15) is 12.1 Å². The number of hydrogen-bond donors (Lipinski definition) is 6. The highest BCUT2D eigenvalue weighted by molar-refractivity contribution is 5.80. The van der Waals surface area contributed by atoms with Gasteiger partial charge in [0, 0.05) is 6.42 Å². The first-order chi connectivity index (χ1) is 8.57. The monoisotopic (exact) mass is 279 g/mol. The molecule has 9 N–H and O–H groups in total. The van der Waals surface area contributed by atoms with Gasteiger partial charge >= 0.3 is 17.9 Å². The van der Waals surface area contributed by atoms with Crippen LogP contribution in [-0.2, 0) is 19.2 Å². The molecule has 1 amide bonds. The summed E-state index contributed by atoms with van der Waals surface area (Å²) in [6.07, 6.45) is -0.409. The van der Waals surface area contributed by atoms with Crippen molar-refractivity contribution >= 4 is 23.8 Å². The molecule has 2 atom stereocenters. The van der Waals surface area contributed by atoms with E-state index < -0.39 is 42.3 Å². The minimum Gasteiger partial charge on any atom is -0.481 e. The van der Waals surface area contributed by atoms with Crippen LogP contribution in [0, 0.1) is 0 Å². The van der Waals surface area contributed by atoms with Gasteiger partial charge in [0.05, 0.1) is 6.42 Å². The van der Waals surface area contributed by atoms with Gasteiger partial charge in [-0.15, -0.1) is 0 Å². The van der Waals surface area contributed by atoms with Crippen molar-refractivity contribution in [1.29, 1.82) is 0 Å². The van der Waals surface area contributed by atoms with Crippen LogP contribution < -0.4 is 17.2 Å². The van der Waals surface area contributed by atoms with Crippen LogP contribution in [0.25, 0.3) is 0 Å². The average molecular weight is 279 g/mol.